The first kappa shape index (κ1) is 15.2. The Morgan fingerprint density at radius 2 is 1.95 bits per heavy atom. The minimum atomic E-state index is -3.67. The summed E-state index contributed by atoms with van der Waals surface area (Å²) in [5.41, 5.74) is 0. The van der Waals surface area contributed by atoms with Crippen LogP contribution < -0.4 is 10.0 Å². The minimum absolute atomic E-state index is 0.111. The Balaban J connectivity index is 2.08. The molecule has 0 saturated carbocycles. The van der Waals surface area contributed by atoms with Gasteiger partial charge in [-0.2, -0.15) is 0 Å². The average Bonchev–Trinajstić information content (AvgIpc) is 2.39. The third-order valence-electron chi connectivity index (χ3n) is 3.15. The van der Waals surface area contributed by atoms with Crippen LogP contribution in [0.3, 0.4) is 0 Å². The van der Waals surface area contributed by atoms with Crippen LogP contribution in [0.2, 0.25) is 5.02 Å². The molecule has 0 amide bonds. The molecule has 110 valence electrons. The Morgan fingerprint density at radius 1 is 1.30 bits per heavy atom. The van der Waals surface area contributed by atoms with Gasteiger partial charge >= 0.3 is 5.97 Å². The first-order valence-corrected chi connectivity index (χ1v) is 7.96. The van der Waals surface area contributed by atoms with Crippen LogP contribution in [0.1, 0.15) is 6.42 Å². The van der Waals surface area contributed by atoms with E-state index in [1.165, 1.54) is 24.3 Å². The van der Waals surface area contributed by atoms with Gasteiger partial charge in [0.05, 0.1) is 10.8 Å². The minimum Gasteiger partial charge on any atom is -0.481 e. The highest BCUT2D eigenvalue weighted by Crippen LogP contribution is 2.17. The van der Waals surface area contributed by atoms with Gasteiger partial charge in [-0.3, -0.25) is 4.79 Å². The van der Waals surface area contributed by atoms with Gasteiger partial charge in [-0.15, -0.1) is 0 Å². The van der Waals surface area contributed by atoms with Crippen molar-refractivity contribution >= 4 is 27.6 Å². The predicted octanol–water partition coefficient (Wildman–Crippen LogP) is 0.681. The standard InChI is InChI=1S/C12H15ClN2O4S/c13-9-1-3-11(4-2-9)20(18,19)15-10-5-8(12(16)17)6-14-7-10/h1-4,8,10,14-15H,5-7H2,(H,16,17)/t8-,10+/m0/s1. The van der Waals surface area contributed by atoms with Crippen LogP contribution in [0.15, 0.2) is 29.2 Å². The molecule has 0 radical (unpaired) electrons. The second kappa shape index (κ2) is 6.09. The summed E-state index contributed by atoms with van der Waals surface area (Å²) in [5, 5.41) is 12.3. The lowest BCUT2D eigenvalue weighted by atomic mass is 9.97. The van der Waals surface area contributed by atoms with Crippen LogP contribution >= 0.6 is 11.6 Å². The summed E-state index contributed by atoms with van der Waals surface area (Å²) in [5.74, 6) is -1.51. The van der Waals surface area contributed by atoms with Gasteiger partial charge < -0.3 is 10.4 Å². The highest BCUT2D eigenvalue weighted by Gasteiger charge is 2.29. The second-order valence-corrected chi connectivity index (χ2v) is 6.85. The molecule has 1 saturated heterocycles. The lowest BCUT2D eigenvalue weighted by Gasteiger charge is -2.28. The topological polar surface area (TPSA) is 95.5 Å². The van der Waals surface area contributed by atoms with Crippen molar-refractivity contribution < 1.29 is 18.3 Å². The van der Waals surface area contributed by atoms with E-state index < -0.39 is 28.0 Å². The molecule has 1 aliphatic heterocycles. The molecular weight excluding hydrogens is 304 g/mol. The van der Waals surface area contributed by atoms with E-state index in [4.69, 9.17) is 16.7 Å². The summed E-state index contributed by atoms with van der Waals surface area (Å²) in [7, 11) is -3.67. The zero-order chi connectivity index (χ0) is 14.8. The number of nitrogens with one attached hydrogen (secondary N) is 2. The lowest BCUT2D eigenvalue weighted by molar-refractivity contribution is -0.142. The molecule has 2 atom stereocenters. The molecule has 1 aromatic rings. The number of piperidine rings is 1. The number of hydrogen-bond donors (Lipinski definition) is 3. The molecule has 1 heterocycles. The Hall–Kier alpha value is -1.15. The van der Waals surface area contributed by atoms with Crippen molar-refractivity contribution in [1.29, 1.82) is 0 Å². The van der Waals surface area contributed by atoms with E-state index in [2.05, 4.69) is 10.0 Å². The Kier molecular flexibility index (Phi) is 4.64. The van der Waals surface area contributed by atoms with Gasteiger partial charge in [0.1, 0.15) is 0 Å². The fourth-order valence-electron chi connectivity index (χ4n) is 2.12. The van der Waals surface area contributed by atoms with Crippen molar-refractivity contribution in [1.82, 2.24) is 10.0 Å². The van der Waals surface area contributed by atoms with Gasteiger partial charge in [0.15, 0.2) is 0 Å². The summed E-state index contributed by atoms with van der Waals surface area (Å²) >= 11 is 5.72. The van der Waals surface area contributed by atoms with Crippen molar-refractivity contribution in [2.75, 3.05) is 13.1 Å². The van der Waals surface area contributed by atoms with Gasteiger partial charge in [0.25, 0.3) is 0 Å². The van der Waals surface area contributed by atoms with Crippen molar-refractivity contribution in [2.45, 2.75) is 17.4 Å². The Bertz CT molecular complexity index is 588. The predicted molar refractivity (Wildman–Crippen MR) is 74.2 cm³/mol. The van der Waals surface area contributed by atoms with Crippen LogP contribution in [0.5, 0.6) is 0 Å². The summed E-state index contributed by atoms with van der Waals surface area (Å²) in [6, 6.07) is 5.38. The maximum absolute atomic E-state index is 12.2. The molecule has 6 nitrogen and oxygen atoms in total. The number of benzene rings is 1. The van der Waals surface area contributed by atoms with Gasteiger partial charge in [-0.25, -0.2) is 13.1 Å². The molecule has 3 N–H and O–H groups in total. The maximum atomic E-state index is 12.2. The van der Waals surface area contributed by atoms with Gasteiger partial charge in [0, 0.05) is 24.2 Å². The zero-order valence-electron chi connectivity index (χ0n) is 10.5. The SMILES string of the molecule is O=C(O)[C@@H]1CNC[C@H](NS(=O)(=O)c2ccc(Cl)cc2)C1. The molecule has 0 spiro atoms. The van der Waals surface area contributed by atoms with Gasteiger partial charge in [-0.05, 0) is 30.7 Å². The van der Waals surface area contributed by atoms with Crippen LogP contribution in [-0.2, 0) is 14.8 Å². The second-order valence-electron chi connectivity index (χ2n) is 4.70. The number of halogens is 1. The molecular formula is C12H15ClN2O4S. The van der Waals surface area contributed by atoms with Crippen molar-refractivity contribution in [3.8, 4) is 0 Å². The van der Waals surface area contributed by atoms with Crippen molar-refractivity contribution in [3.05, 3.63) is 29.3 Å². The van der Waals surface area contributed by atoms with E-state index in [0.29, 0.717) is 18.1 Å². The highest BCUT2D eigenvalue weighted by molar-refractivity contribution is 7.89. The van der Waals surface area contributed by atoms with E-state index in [1.807, 2.05) is 0 Å². The number of rotatable bonds is 4. The molecule has 0 unspecified atom stereocenters. The highest BCUT2D eigenvalue weighted by atomic mass is 35.5. The number of carboxylic acids is 1. The summed E-state index contributed by atoms with van der Waals surface area (Å²) in [6.45, 7) is 0.769. The van der Waals surface area contributed by atoms with Gasteiger partial charge in [-0.1, -0.05) is 11.6 Å². The zero-order valence-corrected chi connectivity index (χ0v) is 12.1. The first-order chi connectivity index (χ1) is 9.38. The number of hydrogen-bond acceptors (Lipinski definition) is 4. The van der Waals surface area contributed by atoms with E-state index >= 15 is 0 Å². The van der Waals surface area contributed by atoms with E-state index in [0.717, 1.165) is 0 Å². The number of sulfonamides is 1. The Morgan fingerprint density at radius 3 is 2.55 bits per heavy atom. The lowest BCUT2D eigenvalue weighted by Crippen LogP contribution is -2.50. The smallest absolute Gasteiger partial charge is 0.307 e. The number of carboxylic acid groups (broad SMARTS) is 1. The summed E-state index contributed by atoms with van der Waals surface area (Å²) in [4.78, 5) is 11.1. The van der Waals surface area contributed by atoms with E-state index in [9.17, 15) is 13.2 Å². The van der Waals surface area contributed by atoms with Crippen molar-refractivity contribution in [3.63, 3.8) is 0 Å². The fraction of sp³-hybridized carbons (Fsp3) is 0.417. The molecule has 2 rings (SSSR count). The molecule has 0 bridgehead atoms. The normalized spacial score (nSPS) is 23.4. The quantitative estimate of drug-likeness (QED) is 0.759. The molecule has 0 aromatic heterocycles. The largest absolute Gasteiger partial charge is 0.481 e. The third kappa shape index (κ3) is 3.69. The molecule has 8 heteroatoms. The van der Waals surface area contributed by atoms with E-state index in [1.54, 1.807) is 0 Å². The van der Waals surface area contributed by atoms with Crippen LogP contribution in [0.25, 0.3) is 0 Å². The van der Waals surface area contributed by atoms with Crippen molar-refractivity contribution in [2.24, 2.45) is 5.92 Å². The molecule has 1 fully saturated rings. The van der Waals surface area contributed by atoms with Crippen LogP contribution in [0, 0.1) is 5.92 Å². The summed E-state index contributed by atoms with van der Waals surface area (Å²) < 4.78 is 26.8. The number of aliphatic carboxylic acids is 1. The monoisotopic (exact) mass is 318 g/mol. The third-order valence-corrected chi connectivity index (χ3v) is 4.93. The molecule has 0 aliphatic carbocycles. The fourth-order valence-corrected chi connectivity index (χ4v) is 3.50. The molecule has 1 aromatic carbocycles. The maximum Gasteiger partial charge on any atom is 0.307 e. The Labute approximate surface area is 122 Å². The van der Waals surface area contributed by atoms with Gasteiger partial charge in [0.2, 0.25) is 10.0 Å². The molecule has 1 aliphatic rings. The summed E-state index contributed by atoms with van der Waals surface area (Å²) in [6.07, 6.45) is 0.273. The van der Waals surface area contributed by atoms with Crippen LogP contribution in [0.4, 0.5) is 0 Å². The average molecular weight is 319 g/mol. The van der Waals surface area contributed by atoms with Crippen LogP contribution in [-0.4, -0.2) is 38.6 Å². The first-order valence-electron chi connectivity index (χ1n) is 6.10. The molecule has 20 heavy (non-hydrogen) atoms. The van der Waals surface area contributed by atoms with E-state index in [-0.39, 0.29) is 11.3 Å². The number of carbonyl (C=O) groups is 1.